The molecule has 0 heterocycles. The zero-order valence-corrected chi connectivity index (χ0v) is 15.0. The Labute approximate surface area is 135 Å². The van der Waals surface area contributed by atoms with Gasteiger partial charge in [0.05, 0.1) is 19.4 Å². The van der Waals surface area contributed by atoms with Gasteiger partial charge in [0.1, 0.15) is 0 Å². The van der Waals surface area contributed by atoms with Crippen LogP contribution in [0.2, 0.25) is 0 Å². The van der Waals surface area contributed by atoms with Crippen LogP contribution < -0.4 is 0 Å². The van der Waals surface area contributed by atoms with Crippen molar-refractivity contribution in [1.82, 2.24) is 0 Å². The van der Waals surface area contributed by atoms with Crippen molar-refractivity contribution in [2.24, 2.45) is 0 Å². The fraction of sp³-hybridized carbons (Fsp3) is 0.556. The van der Waals surface area contributed by atoms with E-state index < -0.39 is 7.60 Å². The third-order valence-corrected chi connectivity index (χ3v) is 5.39. The largest absolute Gasteiger partial charge is 0.335 e. The molecule has 124 valence electrons. The number of rotatable bonds is 11. The normalized spacial score (nSPS) is 12.6. The van der Waals surface area contributed by atoms with Crippen LogP contribution in [0.3, 0.4) is 0 Å². The molecule has 1 aromatic rings. The lowest BCUT2D eigenvalue weighted by Crippen LogP contribution is -2.02. The fourth-order valence-electron chi connectivity index (χ4n) is 2.33. The predicted molar refractivity (Wildman–Crippen MR) is 94.3 cm³/mol. The second-order valence-electron chi connectivity index (χ2n) is 5.20. The molecule has 0 unspecified atom stereocenters. The van der Waals surface area contributed by atoms with Gasteiger partial charge in [-0.25, -0.2) is 0 Å². The number of benzene rings is 1. The van der Waals surface area contributed by atoms with Crippen molar-refractivity contribution < 1.29 is 13.6 Å². The lowest BCUT2D eigenvalue weighted by molar-refractivity contribution is 0.223. The maximum Gasteiger partial charge on any atom is 0.335 e. The van der Waals surface area contributed by atoms with Crippen LogP contribution in [0.15, 0.2) is 36.4 Å². The van der Waals surface area contributed by atoms with Crippen LogP contribution in [0.4, 0.5) is 0 Å². The molecule has 0 saturated heterocycles. The van der Waals surface area contributed by atoms with Gasteiger partial charge in [-0.2, -0.15) is 0 Å². The SMILES string of the molecule is CCCCC/C=C(/CP(=O)(OCC)OCC)c1ccccc1. The maximum absolute atomic E-state index is 12.8. The van der Waals surface area contributed by atoms with Crippen molar-refractivity contribution in [3.8, 4) is 0 Å². The van der Waals surface area contributed by atoms with E-state index in [1.54, 1.807) is 0 Å². The van der Waals surface area contributed by atoms with Gasteiger partial charge in [-0.15, -0.1) is 0 Å². The molecule has 0 aliphatic carbocycles. The molecule has 0 aliphatic heterocycles. The maximum atomic E-state index is 12.8. The molecule has 0 amide bonds. The van der Waals surface area contributed by atoms with Crippen LogP contribution in [0.1, 0.15) is 52.0 Å². The average molecular weight is 324 g/mol. The Balaban J connectivity index is 2.92. The first-order valence-electron chi connectivity index (χ1n) is 8.27. The second-order valence-corrected chi connectivity index (χ2v) is 7.25. The lowest BCUT2D eigenvalue weighted by atomic mass is 10.1. The summed E-state index contributed by atoms with van der Waals surface area (Å²) in [6.45, 7) is 6.68. The molecular formula is C18H29O3P. The molecule has 0 radical (unpaired) electrons. The number of unbranched alkanes of at least 4 members (excludes halogenated alkanes) is 3. The molecule has 4 heteroatoms. The smallest absolute Gasteiger partial charge is 0.309 e. The molecule has 1 aromatic carbocycles. The van der Waals surface area contributed by atoms with Crippen LogP contribution in [0.25, 0.3) is 5.57 Å². The van der Waals surface area contributed by atoms with E-state index in [1.165, 1.54) is 12.8 Å². The molecule has 0 fully saturated rings. The Bertz CT molecular complexity index is 472. The summed E-state index contributed by atoms with van der Waals surface area (Å²) in [4.78, 5) is 0. The minimum absolute atomic E-state index is 0.338. The van der Waals surface area contributed by atoms with E-state index in [-0.39, 0.29) is 0 Å². The standard InChI is InChI=1S/C18H29O3P/c1-4-7-8-10-15-18(17-13-11-9-12-14-17)16-22(19,20-5-2)21-6-3/h9,11-15H,4-8,10,16H2,1-3H3/b18-15-. The summed E-state index contributed by atoms with van der Waals surface area (Å²) in [6.07, 6.45) is 7.09. The van der Waals surface area contributed by atoms with Crippen molar-refractivity contribution in [2.75, 3.05) is 19.4 Å². The molecule has 1 rings (SSSR count). The number of hydrogen-bond acceptors (Lipinski definition) is 3. The summed E-state index contributed by atoms with van der Waals surface area (Å²) in [5, 5.41) is 0. The summed E-state index contributed by atoms with van der Waals surface area (Å²) < 4.78 is 23.7. The van der Waals surface area contributed by atoms with Gasteiger partial charge in [-0.3, -0.25) is 4.57 Å². The number of hydrogen-bond donors (Lipinski definition) is 0. The van der Waals surface area contributed by atoms with Gasteiger partial charge in [0.2, 0.25) is 0 Å². The molecule has 0 aliphatic rings. The third-order valence-electron chi connectivity index (χ3n) is 3.36. The highest BCUT2D eigenvalue weighted by Crippen LogP contribution is 2.51. The summed E-state index contributed by atoms with van der Waals surface area (Å²) in [5.41, 5.74) is 2.15. The van der Waals surface area contributed by atoms with Gasteiger partial charge in [0, 0.05) is 0 Å². The zero-order valence-electron chi connectivity index (χ0n) is 14.1. The Kier molecular flexibility index (Phi) is 9.38. The molecule has 0 N–H and O–H groups in total. The van der Waals surface area contributed by atoms with E-state index in [2.05, 4.69) is 13.0 Å². The van der Waals surface area contributed by atoms with Crippen molar-refractivity contribution in [3.05, 3.63) is 42.0 Å². The highest BCUT2D eigenvalue weighted by Gasteiger charge is 2.25. The zero-order chi connectivity index (χ0) is 16.3. The topological polar surface area (TPSA) is 35.5 Å². The molecule has 22 heavy (non-hydrogen) atoms. The van der Waals surface area contributed by atoms with Crippen molar-refractivity contribution in [1.29, 1.82) is 0 Å². The Morgan fingerprint density at radius 2 is 1.68 bits per heavy atom. The van der Waals surface area contributed by atoms with Crippen LogP contribution in [-0.4, -0.2) is 19.4 Å². The molecule has 3 nitrogen and oxygen atoms in total. The summed E-state index contributed by atoms with van der Waals surface area (Å²) in [6, 6.07) is 10.1. The highest BCUT2D eigenvalue weighted by atomic mass is 31.2. The first-order chi connectivity index (χ1) is 10.6. The molecule has 0 spiro atoms. The highest BCUT2D eigenvalue weighted by molar-refractivity contribution is 7.54. The Morgan fingerprint density at radius 1 is 1.05 bits per heavy atom. The first-order valence-corrected chi connectivity index (χ1v) is 10.0. The van der Waals surface area contributed by atoms with Crippen LogP contribution in [0.5, 0.6) is 0 Å². The van der Waals surface area contributed by atoms with Gasteiger partial charge in [0.15, 0.2) is 0 Å². The molecular weight excluding hydrogens is 295 g/mol. The molecule has 0 aromatic heterocycles. The Hall–Kier alpha value is -0.890. The summed E-state index contributed by atoms with van der Waals surface area (Å²) >= 11 is 0. The Morgan fingerprint density at radius 3 is 2.23 bits per heavy atom. The van der Waals surface area contributed by atoms with E-state index >= 15 is 0 Å². The molecule has 0 saturated carbocycles. The molecule has 0 atom stereocenters. The lowest BCUT2D eigenvalue weighted by Gasteiger charge is -2.19. The van der Waals surface area contributed by atoms with Gasteiger partial charge < -0.3 is 9.05 Å². The average Bonchev–Trinajstić information content (AvgIpc) is 2.52. The quantitative estimate of drug-likeness (QED) is 0.374. The number of allylic oxidation sites excluding steroid dienone is 2. The van der Waals surface area contributed by atoms with Gasteiger partial charge in [0.25, 0.3) is 0 Å². The van der Waals surface area contributed by atoms with E-state index in [1.807, 2.05) is 44.2 Å². The monoisotopic (exact) mass is 324 g/mol. The predicted octanol–water partition coefficient (Wildman–Crippen LogP) is 5.92. The second kappa shape index (κ2) is 10.8. The van der Waals surface area contributed by atoms with E-state index in [0.717, 1.165) is 24.0 Å². The minimum Gasteiger partial charge on any atom is -0.309 e. The van der Waals surface area contributed by atoms with Gasteiger partial charge in [-0.1, -0.05) is 56.2 Å². The van der Waals surface area contributed by atoms with Gasteiger partial charge in [-0.05, 0) is 37.8 Å². The fourth-order valence-corrected chi connectivity index (χ4v) is 4.10. The minimum atomic E-state index is -3.06. The van der Waals surface area contributed by atoms with Crippen LogP contribution in [0, 0.1) is 0 Å². The van der Waals surface area contributed by atoms with Crippen molar-refractivity contribution in [2.45, 2.75) is 46.5 Å². The van der Waals surface area contributed by atoms with Crippen molar-refractivity contribution in [3.63, 3.8) is 0 Å². The summed E-state index contributed by atoms with van der Waals surface area (Å²) in [7, 11) is -3.06. The van der Waals surface area contributed by atoms with Crippen molar-refractivity contribution >= 4 is 13.2 Å². The third kappa shape index (κ3) is 6.91. The van der Waals surface area contributed by atoms with E-state index in [9.17, 15) is 4.57 Å². The van der Waals surface area contributed by atoms with E-state index in [0.29, 0.717) is 19.4 Å². The molecule has 0 bridgehead atoms. The first kappa shape index (κ1) is 19.2. The van der Waals surface area contributed by atoms with E-state index in [4.69, 9.17) is 9.05 Å². The van der Waals surface area contributed by atoms with Crippen LogP contribution >= 0.6 is 7.60 Å². The summed E-state index contributed by atoms with van der Waals surface area (Å²) in [5.74, 6) is 0. The van der Waals surface area contributed by atoms with Crippen LogP contribution in [-0.2, 0) is 13.6 Å². The van der Waals surface area contributed by atoms with Gasteiger partial charge >= 0.3 is 7.60 Å².